The second-order valence-corrected chi connectivity index (χ2v) is 8.13. The van der Waals surface area contributed by atoms with Crippen molar-refractivity contribution in [2.45, 2.75) is 32.2 Å². The minimum absolute atomic E-state index is 0.00779. The quantitative estimate of drug-likeness (QED) is 0.730. The van der Waals surface area contributed by atoms with Crippen LogP contribution in [0.2, 0.25) is 0 Å². The number of ether oxygens (including phenoxy) is 1. The highest BCUT2D eigenvalue weighted by atomic mass is 16.5. The van der Waals surface area contributed by atoms with Crippen LogP contribution in [0.3, 0.4) is 0 Å². The average Bonchev–Trinajstić information content (AvgIpc) is 3.10. The fraction of sp³-hybridized carbons (Fsp3) is 0.522. The molecule has 8 heteroatoms. The predicted molar refractivity (Wildman–Crippen MR) is 121 cm³/mol. The summed E-state index contributed by atoms with van der Waals surface area (Å²) in [6.45, 7) is 4.78. The normalized spacial score (nSPS) is 17.4. The Balaban J connectivity index is 1.41. The van der Waals surface area contributed by atoms with E-state index in [4.69, 9.17) is 4.74 Å². The van der Waals surface area contributed by atoms with Crippen LogP contribution in [0.1, 0.15) is 25.7 Å². The van der Waals surface area contributed by atoms with Crippen molar-refractivity contribution in [3.8, 4) is 5.75 Å². The maximum atomic E-state index is 12.7. The molecule has 0 spiro atoms. The van der Waals surface area contributed by atoms with Gasteiger partial charge in [0, 0.05) is 45.3 Å². The Labute approximate surface area is 183 Å². The smallest absolute Gasteiger partial charge is 0.267 e. The molecule has 0 atom stereocenters. The Morgan fingerprint density at radius 3 is 2.29 bits per heavy atom. The van der Waals surface area contributed by atoms with Crippen LogP contribution in [-0.4, -0.2) is 67.0 Å². The lowest BCUT2D eigenvalue weighted by atomic mass is 10.2. The number of hydrogen-bond acceptors (Lipinski definition) is 6. The largest absolute Gasteiger partial charge is 0.495 e. The van der Waals surface area contributed by atoms with Crippen LogP contribution in [0, 0.1) is 0 Å². The number of benzene rings is 1. The predicted octanol–water partition coefficient (Wildman–Crippen LogP) is 1.98. The van der Waals surface area contributed by atoms with E-state index in [1.165, 1.54) is 10.7 Å². The maximum Gasteiger partial charge on any atom is 0.267 e. The number of amides is 1. The fourth-order valence-electron chi connectivity index (χ4n) is 4.34. The van der Waals surface area contributed by atoms with Gasteiger partial charge in [0.15, 0.2) is 0 Å². The van der Waals surface area contributed by atoms with E-state index in [9.17, 15) is 9.59 Å². The Kier molecular flexibility index (Phi) is 6.74. The van der Waals surface area contributed by atoms with Gasteiger partial charge < -0.3 is 19.4 Å². The SMILES string of the molecule is COc1ccccc1N1CCN(c2ccc(=O)n(CC(=O)N3CCCCCC3)n2)CC1. The topological polar surface area (TPSA) is 70.9 Å². The molecule has 1 aromatic carbocycles. The van der Waals surface area contributed by atoms with Crippen LogP contribution in [0.5, 0.6) is 5.75 Å². The standard InChI is InChI=1S/C23H31N5O3/c1-31-20-9-5-4-8-19(20)25-14-16-26(17-15-25)21-10-11-22(29)28(24-21)18-23(30)27-12-6-2-3-7-13-27/h4-5,8-11H,2-3,6-7,12-18H2,1H3. The Morgan fingerprint density at radius 2 is 1.58 bits per heavy atom. The third-order valence-corrected chi connectivity index (χ3v) is 6.13. The van der Waals surface area contributed by atoms with Gasteiger partial charge in [0.05, 0.1) is 12.8 Å². The highest BCUT2D eigenvalue weighted by Crippen LogP contribution is 2.28. The molecule has 2 fully saturated rings. The van der Waals surface area contributed by atoms with Crippen molar-refractivity contribution in [1.29, 1.82) is 0 Å². The lowest BCUT2D eigenvalue weighted by Gasteiger charge is -2.37. The molecule has 166 valence electrons. The number of aromatic nitrogens is 2. The Hall–Kier alpha value is -3.03. The lowest BCUT2D eigenvalue weighted by molar-refractivity contribution is -0.132. The second-order valence-electron chi connectivity index (χ2n) is 8.13. The average molecular weight is 426 g/mol. The molecule has 1 aromatic heterocycles. The van der Waals surface area contributed by atoms with Crippen molar-refractivity contribution < 1.29 is 9.53 Å². The Bertz CT molecular complexity index is 944. The van der Waals surface area contributed by atoms with Crippen LogP contribution in [0.25, 0.3) is 0 Å². The molecule has 0 radical (unpaired) electrons. The monoisotopic (exact) mass is 425 g/mol. The zero-order valence-corrected chi connectivity index (χ0v) is 18.2. The van der Waals surface area contributed by atoms with E-state index in [0.717, 1.165) is 82.2 Å². The number of methoxy groups -OCH3 is 1. The van der Waals surface area contributed by atoms with Gasteiger partial charge in [-0.15, -0.1) is 0 Å². The minimum atomic E-state index is -0.237. The van der Waals surface area contributed by atoms with Gasteiger partial charge in [-0.2, -0.15) is 5.10 Å². The van der Waals surface area contributed by atoms with Gasteiger partial charge in [-0.1, -0.05) is 25.0 Å². The van der Waals surface area contributed by atoms with Gasteiger partial charge in [-0.25, -0.2) is 4.68 Å². The molecule has 0 bridgehead atoms. The van der Waals surface area contributed by atoms with Crippen molar-refractivity contribution >= 4 is 17.4 Å². The molecule has 0 N–H and O–H groups in total. The van der Waals surface area contributed by atoms with Crippen LogP contribution in [-0.2, 0) is 11.3 Å². The Morgan fingerprint density at radius 1 is 0.903 bits per heavy atom. The van der Waals surface area contributed by atoms with Gasteiger partial charge in [0.25, 0.3) is 5.56 Å². The van der Waals surface area contributed by atoms with E-state index >= 15 is 0 Å². The van der Waals surface area contributed by atoms with Crippen molar-refractivity contribution in [2.75, 3.05) is 56.2 Å². The van der Waals surface area contributed by atoms with Gasteiger partial charge >= 0.3 is 0 Å². The number of para-hydroxylation sites is 2. The van der Waals surface area contributed by atoms with Gasteiger partial charge in [-0.3, -0.25) is 9.59 Å². The number of nitrogens with zero attached hydrogens (tertiary/aromatic N) is 5. The first-order chi connectivity index (χ1) is 15.2. The molecular formula is C23H31N5O3. The summed E-state index contributed by atoms with van der Waals surface area (Å²) in [6, 6.07) is 11.3. The van der Waals surface area contributed by atoms with Crippen LogP contribution < -0.4 is 20.1 Å². The van der Waals surface area contributed by atoms with E-state index in [1.807, 2.05) is 23.1 Å². The summed E-state index contributed by atoms with van der Waals surface area (Å²) in [4.78, 5) is 31.4. The summed E-state index contributed by atoms with van der Waals surface area (Å²) in [5.74, 6) is 1.59. The van der Waals surface area contributed by atoms with Crippen molar-refractivity contribution in [3.05, 3.63) is 46.8 Å². The summed E-state index contributed by atoms with van der Waals surface area (Å²) in [7, 11) is 1.69. The maximum absolute atomic E-state index is 12.7. The first-order valence-corrected chi connectivity index (χ1v) is 11.1. The van der Waals surface area contributed by atoms with Crippen molar-refractivity contribution in [3.63, 3.8) is 0 Å². The summed E-state index contributed by atoms with van der Waals surface area (Å²) in [5, 5.41) is 4.53. The van der Waals surface area contributed by atoms with Crippen molar-refractivity contribution in [2.24, 2.45) is 0 Å². The molecule has 2 aromatic rings. The van der Waals surface area contributed by atoms with E-state index in [1.54, 1.807) is 13.2 Å². The molecule has 4 rings (SSSR count). The summed E-state index contributed by atoms with van der Waals surface area (Å²) >= 11 is 0. The molecule has 8 nitrogen and oxygen atoms in total. The lowest BCUT2D eigenvalue weighted by Crippen LogP contribution is -2.47. The van der Waals surface area contributed by atoms with E-state index < -0.39 is 0 Å². The first-order valence-electron chi connectivity index (χ1n) is 11.1. The zero-order chi connectivity index (χ0) is 21.6. The van der Waals surface area contributed by atoms with Crippen LogP contribution >= 0.6 is 0 Å². The summed E-state index contributed by atoms with van der Waals surface area (Å²) in [5.41, 5.74) is 0.852. The molecular weight excluding hydrogens is 394 g/mol. The number of carbonyl (C=O) groups excluding carboxylic acids is 1. The van der Waals surface area contributed by atoms with Gasteiger partial charge in [-0.05, 0) is 31.0 Å². The number of carbonyl (C=O) groups is 1. The third kappa shape index (κ3) is 5.00. The van der Waals surface area contributed by atoms with Gasteiger partial charge in [0.2, 0.25) is 5.91 Å². The number of rotatable bonds is 5. The number of likely N-dealkylation sites (tertiary alicyclic amines) is 1. The molecule has 2 aliphatic heterocycles. The molecule has 2 saturated heterocycles. The van der Waals surface area contributed by atoms with Crippen molar-refractivity contribution in [1.82, 2.24) is 14.7 Å². The summed E-state index contributed by atoms with van der Waals surface area (Å²) in [6.07, 6.45) is 4.39. The minimum Gasteiger partial charge on any atom is -0.495 e. The van der Waals surface area contributed by atoms with Gasteiger partial charge in [0.1, 0.15) is 18.1 Å². The van der Waals surface area contributed by atoms with E-state index in [0.29, 0.717) is 0 Å². The second kappa shape index (κ2) is 9.85. The number of hydrogen-bond donors (Lipinski definition) is 0. The molecule has 2 aliphatic rings. The molecule has 0 unspecified atom stereocenters. The summed E-state index contributed by atoms with van der Waals surface area (Å²) < 4.78 is 6.81. The third-order valence-electron chi connectivity index (χ3n) is 6.13. The van der Waals surface area contributed by atoms with Crippen LogP contribution in [0.15, 0.2) is 41.2 Å². The molecule has 31 heavy (non-hydrogen) atoms. The number of piperazine rings is 1. The van der Waals surface area contributed by atoms with E-state index in [-0.39, 0.29) is 18.0 Å². The first kappa shape index (κ1) is 21.2. The fourth-order valence-corrected chi connectivity index (χ4v) is 4.34. The highest BCUT2D eigenvalue weighted by Gasteiger charge is 2.22. The number of anilines is 2. The highest BCUT2D eigenvalue weighted by molar-refractivity contribution is 5.76. The van der Waals surface area contributed by atoms with Crippen LogP contribution in [0.4, 0.5) is 11.5 Å². The zero-order valence-electron chi connectivity index (χ0n) is 18.2. The molecule has 3 heterocycles. The molecule has 0 aliphatic carbocycles. The van der Waals surface area contributed by atoms with E-state index in [2.05, 4.69) is 21.0 Å². The molecule has 0 saturated carbocycles. The molecule has 1 amide bonds.